The molecule has 2 aromatic rings. The lowest BCUT2D eigenvalue weighted by Gasteiger charge is -2.00. The maximum atomic E-state index is 5.75. The molecule has 15 heavy (non-hydrogen) atoms. The number of nitrogens with zero attached hydrogens (tertiary/aromatic N) is 2. The molecule has 0 atom stereocenters. The van der Waals surface area contributed by atoms with Crippen LogP contribution in [0.5, 0.6) is 0 Å². The Kier molecular flexibility index (Phi) is 2.46. The van der Waals surface area contributed by atoms with Gasteiger partial charge in [-0.2, -0.15) is 5.10 Å². The standard InChI is InChI=1S/C12H15N3/c1-9(2)5-6-15-12-7-11(13)4-3-10(12)8-14-15/h3-5,7-8H,6,13H2,1-2H3. The summed E-state index contributed by atoms with van der Waals surface area (Å²) >= 11 is 0. The van der Waals surface area contributed by atoms with Crippen molar-refractivity contribution in [1.82, 2.24) is 9.78 Å². The van der Waals surface area contributed by atoms with Crippen LogP contribution in [0.25, 0.3) is 10.9 Å². The largest absolute Gasteiger partial charge is 0.399 e. The van der Waals surface area contributed by atoms with Crippen molar-refractivity contribution in [2.24, 2.45) is 0 Å². The number of benzene rings is 1. The molecule has 0 bridgehead atoms. The summed E-state index contributed by atoms with van der Waals surface area (Å²) in [6.45, 7) is 4.97. The smallest absolute Gasteiger partial charge is 0.0706 e. The summed E-state index contributed by atoms with van der Waals surface area (Å²) < 4.78 is 1.96. The second-order valence-electron chi connectivity index (χ2n) is 3.93. The van der Waals surface area contributed by atoms with Crippen LogP contribution < -0.4 is 5.73 Å². The van der Waals surface area contributed by atoms with E-state index in [4.69, 9.17) is 5.73 Å². The first-order valence-electron chi connectivity index (χ1n) is 5.01. The van der Waals surface area contributed by atoms with E-state index in [1.54, 1.807) is 0 Å². The van der Waals surface area contributed by atoms with Crippen molar-refractivity contribution in [2.75, 3.05) is 5.73 Å². The fraction of sp³-hybridized carbons (Fsp3) is 0.250. The molecule has 0 saturated carbocycles. The van der Waals surface area contributed by atoms with Crippen LogP contribution in [0, 0.1) is 0 Å². The molecule has 0 saturated heterocycles. The zero-order valence-corrected chi connectivity index (χ0v) is 9.07. The van der Waals surface area contributed by atoms with Crippen LogP contribution in [0.1, 0.15) is 13.8 Å². The van der Waals surface area contributed by atoms with Gasteiger partial charge in [-0.05, 0) is 32.0 Å². The monoisotopic (exact) mass is 201 g/mol. The van der Waals surface area contributed by atoms with E-state index in [9.17, 15) is 0 Å². The number of anilines is 1. The average Bonchev–Trinajstić information content (AvgIpc) is 2.57. The van der Waals surface area contributed by atoms with Crippen molar-refractivity contribution in [3.8, 4) is 0 Å². The number of hydrogen-bond acceptors (Lipinski definition) is 2. The Balaban J connectivity index is 2.43. The molecule has 1 aromatic carbocycles. The second-order valence-corrected chi connectivity index (χ2v) is 3.93. The van der Waals surface area contributed by atoms with Gasteiger partial charge in [0.15, 0.2) is 0 Å². The van der Waals surface area contributed by atoms with Crippen LogP contribution in [0.3, 0.4) is 0 Å². The van der Waals surface area contributed by atoms with E-state index in [2.05, 4.69) is 25.0 Å². The third-order valence-corrected chi connectivity index (χ3v) is 2.34. The SMILES string of the molecule is CC(C)=CCn1ncc2ccc(N)cc21. The van der Waals surface area contributed by atoms with Gasteiger partial charge in [-0.1, -0.05) is 11.6 Å². The molecule has 1 aromatic heterocycles. The van der Waals surface area contributed by atoms with Gasteiger partial charge in [-0.25, -0.2) is 0 Å². The number of nitrogen functional groups attached to an aromatic ring is 1. The Hall–Kier alpha value is -1.77. The molecule has 0 amide bonds. The number of fused-ring (bicyclic) bond motifs is 1. The highest BCUT2D eigenvalue weighted by molar-refractivity contribution is 5.81. The lowest BCUT2D eigenvalue weighted by Crippen LogP contribution is -1.97. The molecule has 78 valence electrons. The van der Waals surface area contributed by atoms with Gasteiger partial charge in [0.25, 0.3) is 0 Å². The van der Waals surface area contributed by atoms with Gasteiger partial charge < -0.3 is 5.73 Å². The average molecular weight is 201 g/mol. The summed E-state index contributed by atoms with van der Waals surface area (Å²) in [6.07, 6.45) is 4.02. The fourth-order valence-electron chi connectivity index (χ4n) is 1.50. The number of rotatable bonds is 2. The molecular weight excluding hydrogens is 186 g/mol. The molecule has 0 radical (unpaired) electrons. The van der Waals surface area contributed by atoms with E-state index >= 15 is 0 Å². The Morgan fingerprint density at radius 1 is 1.47 bits per heavy atom. The fourth-order valence-corrected chi connectivity index (χ4v) is 1.50. The summed E-state index contributed by atoms with van der Waals surface area (Å²) in [5.41, 5.74) is 8.91. The van der Waals surface area contributed by atoms with Crippen molar-refractivity contribution in [3.05, 3.63) is 36.0 Å². The molecule has 2 rings (SSSR count). The normalized spacial score (nSPS) is 10.5. The number of aromatic nitrogens is 2. The highest BCUT2D eigenvalue weighted by Crippen LogP contribution is 2.16. The summed E-state index contributed by atoms with van der Waals surface area (Å²) in [6, 6.07) is 5.85. The van der Waals surface area contributed by atoms with E-state index in [0.29, 0.717) is 0 Å². The van der Waals surface area contributed by atoms with Crippen LogP contribution in [-0.4, -0.2) is 9.78 Å². The first-order valence-corrected chi connectivity index (χ1v) is 5.01. The Labute approximate surface area is 89.2 Å². The third kappa shape index (κ3) is 2.01. The van der Waals surface area contributed by atoms with Gasteiger partial charge in [0, 0.05) is 11.1 Å². The minimum atomic E-state index is 0.779. The Morgan fingerprint density at radius 2 is 2.27 bits per heavy atom. The second kappa shape index (κ2) is 3.77. The lowest BCUT2D eigenvalue weighted by atomic mass is 10.2. The minimum Gasteiger partial charge on any atom is -0.399 e. The zero-order chi connectivity index (χ0) is 10.8. The molecular formula is C12H15N3. The highest BCUT2D eigenvalue weighted by atomic mass is 15.3. The molecule has 2 N–H and O–H groups in total. The van der Waals surface area contributed by atoms with Gasteiger partial charge in [0.05, 0.1) is 18.3 Å². The Morgan fingerprint density at radius 3 is 3.00 bits per heavy atom. The van der Waals surface area contributed by atoms with Crippen molar-refractivity contribution < 1.29 is 0 Å². The van der Waals surface area contributed by atoms with E-state index in [1.807, 2.05) is 29.1 Å². The molecule has 3 heteroatoms. The molecule has 0 fully saturated rings. The van der Waals surface area contributed by atoms with E-state index in [0.717, 1.165) is 23.1 Å². The molecule has 0 aliphatic heterocycles. The van der Waals surface area contributed by atoms with Crippen LogP contribution in [-0.2, 0) is 6.54 Å². The van der Waals surface area contributed by atoms with Gasteiger partial charge in [-0.15, -0.1) is 0 Å². The predicted molar refractivity (Wildman–Crippen MR) is 63.6 cm³/mol. The van der Waals surface area contributed by atoms with Gasteiger partial charge in [0.1, 0.15) is 0 Å². The number of hydrogen-bond donors (Lipinski definition) is 1. The minimum absolute atomic E-state index is 0.779. The summed E-state index contributed by atoms with van der Waals surface area (Å²) in [4.78, 5) is 0. The van der Waals surface area contributed by atoms with Crippen LogP contribution in [0.2, 0.25) is 0 Å². The summed E-state index contributed by atoms with van der Waals surface area (Å²) in [5.74, 6) is 0. The third-order valence-electron chi connectivity index (χ3n) is 2.34. The first-order chi connectivity index (χ1) is 7.16. The van der Waals surface area contributed by atoms with Crippen LogP contribution in [0.15, 0.2) is 36.0 Å². The summed E-state index contributed by atoms with van der Waals surface area (Å²) in [7, 11) is 0. The topological polar surface area (TPSA) is 43.8 Å². The quantitative estimate of drug-likeness (QED) is 0.599. The van der Waals surface area contributed by atoms with Crippen molar-refractivity contribution in [3.63, 3.8) is 0 Å². The van der Waals surface area contributed by atoms with E-state index in [1.165, 1.54) is 5.57 Å². The van der Waals surface area contributed by atoms with Crippen molar-refractivity contribution in [1.29, 1.82) is 0 Å². The molecule has 3 nitrogen and oxygen atoms in total. The van der Waals surface area contributed by atoms with Crippen molar-refractivity contribution in [2.45, 2.75) is 20.4 Å². The maximum absolute atomic E-state index is 5.75. The predicted octanol–water partition coefficient (Wildman–Crippen LogP) is 2.58. The molecule has 0 spiro atoms. The zero-order valence-electron chi connectivity index (χ0n) is 9.07. The Bertz CT molecular complexity index is 505. The van der Waals surface area contributed by atoms with Crippen LogP contribution >= 0.6 is 0 Å². The van der Waals surface area contributed by atoms with Crippen LogP contribution in [0.4, 0.5) is 5.69 Å². The number of allylic oxidation sites excluding steroid dienone is 2. The molecule has 1 heterocycles. The molecule has 0 aliphatic rings. The van der Waals surface area contributed by atoms with E-state index in [-0.39, 0.29) is 0 Å². The van der Waals surface area contributed by atoms with Gasteiger partial charge >= 0.3 is 0 Å². The van der Waals surface area contributed by atoms with Gasteiger partial charge in [-0.3, -0.25) is 4.68 Å². The van der Waals surface area contributed by atoms with Crippen molar-refractivity contribution >= 4 is 16.6 Å². The summed E-state index contributed by atoms with van der Waals surface area (Å²) in [5, 5.41) is 5.46. The maximum Gasteiger partial charge on any atom is 0.0706 e. The van der Waals surface area contributed by atoms with E-state index < -0.39 is 0 Å². The molecule has 0 aliphatic carbocycles. The molecule has 0 unspecified atom stereocenters. The highest BCUT2D eigenvalue weighted by Gasteiger charge is 2.00. The first kappa shape index (κ1) is 9.77. The number of nitrogens with two attached hydrogens (primary N) is 1. The van der Waals surface area contributed by atoms with Gasteiger partial charge in [0.2, 0.25) is 0 Å². The lowest BCUT2D eigenvalue weighted by molar-refractivity contribution is 0.725.